The van der Waals surface area contributed by atoms with Gasteiger partial charge in [-0.3, -0.25) is 4.55 Å². The minimum atomic E-state index is -4.85. The molecule has 0 heterocycles. The molecule has 0 unspecified atom stereocenters. The summed E-state index contributed by atoms with van der Waals surface area (Å²) in [5.74, 6) is -2.41. The second-order valence-electron chi connectivity index (χ2n) is 4.13. The molecule has 0 aliphatic heterocycles. The largest absolute Gasteiger partial charge is 0.478 e. The maximum Gasteiger partial charge on any atom is 0.339 e. The number of carbonyl (C=O) groups is 2. The van der Waals surface area contributed by atoms with Gasteiger partial charge in [-0.25, -0.2) is 9.59 Å². The van der Waals surface area contributed by atoms with E-state index in [4.69, 9.17) is 9.84 Å². The average molecular weight is 326 g/mol. The van der Waals surface area contributed by atoms with Crippen LogP contribution < -0.4 is 0 Å². The Balaban J connectivity index is 3.69. The number of hydrogen-bond donors (Lipinski definition) is 2. The molecule has 0 saturated carbocycles. The number of carbonyl (C=O) groups excluding carboxylic acids is 1. The maximum absolute atomic E-state index is 11.9. The van der Waals surface area contributed by atoms with Gasteiger partial charge in [-0.15, -0.1) is 6.58 Å². The fourth-order valence-corrected chi connectivity index (χ4v) is 2.78. The van der Waals surface area contributed by atoms with E-state index < -0.39 is 32.5 Å². The van der Waals surface area contributed by atoms with Gasteiger partial charge in [-0.2, -0.15) is 8.42 Å². The Morgan fingerprint density at radius 3 is 2.23 bits per heavy atom. The molecular weight excluding hydrogens is 312 g/mol. The quantitative estimate of drug-likeness (QED) is 0.445. The highest BCUT2D eigenvalue weighted by Gasteiger charge is 2.28. The van der Waals surface area contributed by atoms with E-state index >= 15 is 0 Å². The Morgan fingerprint density at radius 1 is 1.18 bits per heavy atom. The van der Waals surface area contributed by atoms with E-state index in [1.807, 2.05) is 0 Å². The van der Waals surface area contributed by atoms with E-state index in [9.17, 15) is 22.6 Å². The van der Waals surface area contributed by atoms with Crippen molar-refractivity contribution in [3.8, 4) is 0 Å². The van der Waals surface area contributed by atoms with Gasteiger partial charge in [0.25, 0.3) is 10.1 Å². The zero-order valence-corrected chi connectivity index (χ0v) is 12.3. The summed E-state index contributed by atoms with van der Waals surface area (Å²) in [6.07, 6.45) is 2.37. The Labute approximate surface area is 127 Å². The normalized spacial score (nSPS) is 10.8. The third kappa shape index (κ3) is 3.80. The summed E-state index contributed by atoms with van der Waals surface area (Å²) in [6.45, 7) is 6.59. The van der Waals surface area contributed by atoms with Crippen LogP contribution in [0.5, 0.6) is 0 Å². The first kappa shape index (κ1) is 17.6. The second-order valence-corrected chi connectivity index (χ2v) is 5.49. The van der Waals surface area contributed by atoms with Crippen LogP contribution in [0.2, 0.25) is 0 Å². The van der Waals surface area contributed by atoms with E-state index in [-0.39, 0.29) is 24.2 Å². The van der Waals surface area contributed by atoms with Crippen molar-refractivity contribution in [2.24, 2.45) is 0 Å². The summed E-state index contributed by atoms with van der Waals surface area (Å²) < 4.78 is 37.3. The molecule has 0 fully saturated rings. The molecule has 1 aromatic rings. The molecule has 0 bridgehead atoms. The highest BCUT2D eigenvalue weighted by Crippen LogP contribution is 2.26. The fourth-order valence-electron chi connectivity index (χ4n) is 1.84. The van der Waals surface area contributed by atoms with Crippen LogP contribution in [-0.2, 0) is 21.3 Å². The first-order chi connectivity index (χ1) is 10.2. The molecule has 0 atom stereocenters. The van der Waals surface area contributed by atoms with Gasteiger partial charge in [0.1, 0.15) is 11.5 Å². The van der Waals surface area contributed by atoms with Crippen LogP contribution in [0.4, 0.5) is 0 Å². The molecule has 22 heavy (non-hydrogen) atoms. The van der Waals surface area contributed by atoms with Crippen LogP contribution >= 0.6 is 0 Å². The molecule has 0 aliphatic rings. The molecule has 0 radical (unpaired) electrons. The molecular formula is C14H14O7S. The van der Waals surface area contributed by atoms with Gasteiger partial charge in [0.15, 0.2) is 0 Å². The van der Waals surface area contributed by atoms with E-state index in [1.165, 1.54) is 12.2 Å². The molecule has 0 amide bonds. The summed E-state index contributed by atoms with van der Waals surface area (Å²) in [5.41, 5.74) is -1.04. The number of esters is 1. The van der Waals surface area contributed by atoms with Crippen molar-refractivity contribution in [3.63, 3.8) is 0 Å². The lowest BCUT2D eigenvalue weighted by molar-refractivity contribution is 0.0543. The summed E-state index contributed by atoms with van der Waals surface area (Å²) in [5, 5.41) is 9.11. The zero-order valence-electron chi connectivity index (χ0n) is 11.5. The van der Waals surface area contributed by atoms with Gasteiger partial charge in [0.05, 0.1) is 11.1 Å². The lowest BCUT2D eigenvalue weighted by atomic mass is 10.0. The fraction of sp³-hybridized carbons (Fsp3) is 0.143. The van der Waals surface area contributed by atoms with E-state index in [0.717, 1.165) is 12.1 Å². The van der Waals surface area contributed by atoms with Gasteiger partial charge in [0.2, 0.25) is 0 Å². The first-order valence-electron chi connectivity index (χ1n) is 5.99. The van der Waals surface area contributed by atoms with Gasteiger partial charge < -0.3 is 9.84 Å². The number of ether oxygens (including phenoxy) is 1. The molecule has 8 heteroatoms. The molecule has 1 rings (SSSR count). The topological polar surface area (TPSA) is 118 Å². The van der Waals surface area contributed by atoms with Crippen LogP contribution in [0.3, 0.4) is 0 Å². The first-order valence-corrected chi connectivity index (χ1v) is 7.43. The predicted octanol–water partition coefficient (Wildman–Crippen LogP) is 1.70. The number of allylic oxidation sites excluding steroid dienone is 1. The van der Waals surface area contributed by atoms with Crippen LogP contribution in [0.25, 0.3) is 0 Å². The summed E-state index contributed by atoms with van der Waals surface area (Å²) in [6, 6.07) is 2.05. The molecule has 0 aliphatic carbocycles. The lowest BCUT2D eigenvalue weighted by Gasteiger charge is -2.13. The Hall–Kier alpha value is -2.45. The monoisotopic (exact) mass is 326 g/mol. The standard InChI is InChI=1S/C14H14O7S/c1-3-5-9-10(13(15)16)6-7-11(12(9)22(18,19)20)14(17)21-8-4-2/h3-4,6-7H,1-2,5,8H2,(H,15,16)(H,18,19,20). The SMILES string of the molecule is C=CCOC(=O)c1ccc(C(=O)O)c(CC=C)c1S(=O)(=O)O. The second kappa shape index (κ2) is 7.01. The lowest BCUT2D eigenvalue weighted by Crippen LogP contribution is -2.17. The molecule has 2 N–H and O–H groups in total. The number of rotatable bonds is 7. The number of aromatic carboxylic acids is 1. The van der Waals surface area contributed by atoms with Crippen LogP contribution in [0, 0.1) is 0 Å². The van der Waals surface area contributed by atoms with E-state index in [1.54, 1.807) is 0 Å². The molecule has 0 saturated heterocycles. The molecule has 0 aromatic heterocycles. The Morgan fingerprint density at radius 2 is 1.77 bits per heavy atom. The van der Waals surface area contributed by atoms with Crippen molar-refractivity contribution in [3.05, 3.63) is 54.1 Å². The van der Waals surface area contributed by atoms with Crippen molar-refractivity contribution in [2.75, 3.05) is 6.61 Å². The van der Waals surface area contributed by atoms with Crippen LogP contribution in [0.1, 0.15) is 26.3 Å². The van der Waals surface area contributed by atoms with Gasteiger partial charge in [-0.1, -0.05) is 18.7 Å². The van der Waals surface area contributed by atoms with Crippen LogP contribution in [-0.4, -0.2) is 36.6 Å². The van der Waals surface area contributed by atoms with Crippen molar-refractivity contribution < 1.29 is 32.4 Å². The highest BCUT2D eigenvalue weighted by atomic mass is 32.2. The zero-order chi connectivity index (χ0) is 16.9. The minimum absolute atomic E-state index is 0.165. The van der Waals surface area contributed by atoms with Crippen molar-refractivity contribution >= 4 is 22.1 Å². The number of carboxylic acid groups (broad SMARTS) is 1. The van der Waals surface area contributed by atoms with Gasteiger partial charge in [0, 0.05) is 0 Å². The Kier molecular flexibility index (Phi) is 5.61. The molecule has 7 nitrogen and oxygen atoms in total. The number of hydrogen-bond acceptors (Lipinski definition) is 5. The molecule has 1 aromatic carbocycles. The van der Waals surface area contributed by atoms with Gasteiger partial charge >= 0.3 is 11.9 Å². The minimum Gasteiger partial charge on any atom is -0.478 e. The average Bonchev–Trinajstić information content (AvgIpc) is 2.43. The van der Waals surface area contributed by atoms with Gasteiger partial charge in [-0.05, 0) is 24.1 Å². The van der Waals surface area contributed by atoms with Crippen LogP contribution in [0.15, 0.2) is 42.3 Å². The smallest absolute Gasteiger partial charge is 0.339 e. The van der Waals surface area contributed by atoms with E-state index in [0.29, 0.717) is 0 Å². The molecule has 0 spiro atoms. The number of benzene rings is 1. The van der Waals surface area contributed by atoms with Crippen molar-refractivity contribution in [2.45, 2.75) is 11.3 Å². The Bertz CT molecular complexity index is 732. The maximum atomic E-state index is 11.9. The van der Waals surface area contributed by atoms with Crippen molar-refractivity contribution in [1.82, 2.24) is 0 Å². The predicted molar refractivity (Wildman–Crippen MR) is 77.6 cm³/mol. The van der Waals surface area contributed by atoms with Crippen molar-refractivity contribution in [1.29, 1.82) is 0 Å². The van der Waals surface area contributed by atoms with E-state index in [2.05, 4.69) is 13.2 Å². The molecule has 118 valence electrons. The third-order valence-electron chi connectivity index (χ3n) is 2.65. The summed E-state index contributed by atoms with van der Waals surface area (Å²) >= 11 is 0. The number of carboxylic acids is 1. The third-order valence-corrected chi connectivity index (χ3v) is 3.63. The highest BCUT2D eigenvalue weighted by molar-refractivity contribution is 7.86. The summed E-state index contributed by atoms with van der Waals surface area (Å²) in [7, 11) is -4.85. The summed E-state index contributed by atoms with van der Waals surface area (Å²) in [4.78, 5) is 22.3.